The second-order valence-corrected chi connectivity index (χ2v) is 8.19. The van der Waals surface area contributed by atoms with E-state index in [0.717, 1.165) is 22.9 Å². The monoisotopic (exact) mass is 402 g/mol. The van der Waals surface area contributed by atoms with E-state index in [2.05, 4.69) is 15.3 Å². The van der Waals surface area contributed by atoms with E-state index in [0.29, 0.717) is 15.4 Å². The number of urea groups is 1. The minimum atomic E-state index is -0.908. The summed E-state index contributed by atoms with van der Waals surface area (Å²) in [7, 11) is 0. The third-order valence-electron chi connectivity index (χ3n) is 3.86. The third-order valence-corrected chi connectivity index (χ3v) is 6.16. The minimum Gasteiger partial charge on any atom is -0.351 e. The van der Waals surface area contributed by atoms with Crippen LogP contribution in [0.4, 0.5) is 4.79 Å². The van der Waals surface area contributed by atoms with Crippen molar-refractivity contribution in [3.05, 3.63) is 46.1 Å². The second kappa shape index (κ2) is 7.93. The first-order chi connectivity index (χ1) is 12.9. The number of thioether (sulfide) groups is 1. The topological polar surface area (TPSA) is 118 Å². The minimum absolute atomic E-state index is 0.0986. The first kappa shape index (κ1) is 19.1. The van der Waals surface area contributed by atoms with Crippen molar-refractivity contribution < 1.29 is 9.59 Å². The molecule has 2 aromatic heterocycles. The predicted molar refractivity (Wildman–Crippen MR) is 108 cm³/mol. The number of primary amides is 1. The third kappa shape index (κ3) is 4.20. The highest BCUT2D eigenvalue weighted by atomic mass is 32.2. The number of H-pyrrole nitrogens is 1. The zero-order chi connectivity index (χ0) is 19.6. The van der Waals surface area contributed by atoms with Gasteiger partial charge in [-0.2, -0.15) is 0 Å². The molecule has 0 radical (unpaired) electrons. The summed E-state index contributed by atoms with van der Waals surface area (Å²) in [6, 6.07) is 8.70. The average molecular weight is 403 g/mol. The molecule has 0 aliphatic rings. The summed E-state index contributed by atoms with van der Waals surface area (Å²) in [6.07, 6.45) is 0. The van der Waals surface area contributed by atoms with E-state index in [1.54, 1.807) is 0 Å². The molecule has 0 aliphatic carbocycles. The highest BCUT2D eigenvalue weighted by molar-refractivity contribution is 8.00. The van der Waals surface area contributed by atoms with Crippen LogP contribution in [0.5, 0.6) is 0 Å². The molecule has 3 rings (SSSR count). The van der Waals surface area contributed by atoms with E-state index in [9.17, 15) is 14.4 Å². The number of hydrogen-bond donors (Lipinski definition) is 3. The van der Waals surface area contributed by atoms with Crippen molar-refractivity contribution >= 4 is 45.3 Å². The van der Waals surface area contributed by atoms with Crippen LogP contribution >= 0.6 is 23.1 Å². The van der Waals surface area contributed by atoms with Gasteiger partial charge in [0.15, 0.2) is 5.16 Å². The van der Waals surface area contributed by atoms with E-state index < -0.39 is 17.2 Å². The summed E-state index contributed by atoms with van der Waals surface area (Å²) < 4.78 is 0. The molecule has 0 aliphatic heterocycles. The van der Waals surface area contributed by atoms with Gasteiger partial charge in [0, 0.05) is 10.9 Å². The highest BCUT2D eigenvalue weighted by Crippen LogP contribution is 2.32. The lowest BCUT2D eigenvalue weighted by molar-refractivity contribution is -0.120. The van der Waals surface area contributed by atoms with Crippen LogP contribution in [0.15, 0.2) is 45.7 Å². The van der Waals surface area contributed by atoms with Crippen molar-refractivity contribution in [2.45, 2.75) is 24.3 Å². The number of nitrogens with one attached hydrogen (secondary N) is 2. The second-order valence-electron chi connectivity index (χ2n) is 6.20. The van der Waals surface area contributed by atoms with Crippen molar-refractivity contribution in [3.8, 4) is 11.1 Å². The van der Waals surface area contributed by atoms with Gasteiger partial charge in [-0.3, -0.25) is 14.9 Å². The summed E-state index contributed by atoms with van der Waals surface area (Å²) >= 11 is 2.47. The number of thiophene rings is 1. The van der Waals surface area contributed by atoms with Crippen LogP contribution in [0.2, 0.25) is 0 Å². The number of aromatic amines is 1. The van der Waals surface area contributed by atoms with Crippen molar-refractivity contribution in [2.24, 2.45) is 11.7 Å². The Morgan fingerprint density at radius 3 is 2.59 bits per heavy atom. The van der Waals surface area contributed by atoms with Gasteiger partial charge in [-0.15, -0.1) is 11.3 Å². The summed E-state index contributed by atoms with van der Waals surface area (Å²) in [5.74, 6) is -0.611. The van der Waals surface area contributed by atoms with Gasteiger partial charge >= 0.3 is 6.03 Å². The Kier molecular flexibility index (Phi) is 5.62. The number of rotatable bonds is 5. The molecule has 2 heterocycles. The van der Waals surface area contributed by atoms with Gasteiger partial charge in [-0.1, -0.05) is 55.9 Å². The van der Waals surface area contributed by atoms with E-state index >= 15 is 0 Å². The van der Waals surface area contributed by atoms with Crippen LogP contribution in [-0.4, -0.2) is 27.2 Å². The van der Waals surface area contributed by atoms with Gasteiger partial charge in [0.05, 0.1) is 10.6 Å². The van der Waals surface area contributed by atoms with Crippen LogP contribution in [0.3, 0.4) is 0 Å². The van der Waals surface area contributed by atoms with Crippen LogP contribution in [-0.2, 0) is 4.79 Å². The number of imide groups is 1. The zero-order valence-corrected chi connectivity index (χ0v) is 16.3. The van der Waals surface area contributed by atoms with Gasteiger partial charge in [-0.05, 0) is 11.5 Å². The standard InChI is InChI=1S/C18H18N4O3S2/c1-9(2)13(15(24)20-17(19)25)27-18-21-14(23)12-11(8-26-16(12)22-18)10-6-4-3-5-7-10/h3-9,13H,1-2H3,(H,21,22,23)(H3,19,20,24,25)/t13-/m0/s1. The fourth-order valence-corrected chi connectivity index (χ4v) is 4.60. The molecule has 27 heavy (non-hydrogen) atoms. The summed E-state index contributed by atoms with van der Waals surface area (Å²) in [4.78, 5) is 43.7. The first-order valence-electron chi connectivity index (χ1n) is 8.20. The Labute approximate surface area is 163 Å². The van der Waals surface area contributed by atoms with E-state index in [-0.39, 0.29) is 11.5 Å². The van der Waals surface area contributed by atoms with E-state index in [1.165, 1.54) is 11.3 Å². The molecule has 3 aromatic rings. The van der Waals surface area contributed by atoms with E-state index in [1.807, 2.05) is 49.6 Å². The maximum Gasteiger partial charge on any atom is 0.318 e. The maximum absolute atomic E-state index is 12.7. The molecule has 0 bridgehead atoms. The molecule has 140 valence electrons. The van der Waals surface area contributed by atoms with Crippen molar-refractivity contribution in [3.63, 3.8) is 0 Å². The molecule has 7 nitrogen and oxygen atoms in total. The molecule has 9 heteroatoms. The van der Waals surface area contributed by atoms with Gasteiger partial charge < -0.3 is 10.7 Å². The lowest BCUT2D eigenvalue weighted by Gasteiger charge is -2.17. The highest BCUT2D eigenvalue weighted by Gasteiger charge is 2.26. The van der Waals surface area contributed by atoms with Crippen LogP contribution < -0.4 is 16.6 Å². The number of nitrogens with two attached hydrogens (primary N) is 1. The molecule has 0 unspecified atom stereocenters. The SMILES string of the molecule is CC(C)[C@H](Sc1nc2scc(-c3ccccc3)c2c(=O)[nH]1)C(=O)NC(N)=O. The van der Waals surface area contributed by atoms with Gasteiger partial charge in [-0.25, -0.2) is 9.78 Å². The fourth-order valence-electron chi connectivity index (χ4n) is 2.62. The molecule has 1 aromatic carbocycles. The normalized spacial score (nSPS) is 12.3. The summed E-state index contributed by atoms with van der Waals surface area (Å²) in [6.45, 7) is 3.68. The first-order valence-corrected chi connectivity index (χ1v) is 9.96. The van der Waals surface area contributed by atoms with Crippen LogP contribution in [0.25, 0.3) is 21.3 Å². The van der Waals surface area contributed by atoms with Gasteiger partial charge in [0.1, 0.15) is 4.83 Å². The molecular formula is C18H18N4O3S2. The molecule has 1 atom stereocenters. The van der Waals surface area contributed by atoms with Crippen molar-refractivity contribution in [2.75, 3.05) is 0 Å². The number of nitrogens with zero attached hydrogens (tertiary/aromatic N) is 1. The lowest BCUT2D eigenvalue weighted by atomic mass is 10.1. The number of aromatic nitrogens is 2. The number of amides is 3. The number of fused-ring (bicyclic) bond motifs is 1. The Balaban J connectivity index is 1.96. The Morgan fingerprint density at radius 1 is 1.26 bits per heavy atom. The van der Waals surface area contributed by atoms with Gasteiger partial charge in [0.2, 0.25) is 5.91 Å². The zero-order valence-electron chi connectivity index (χ0n) is 14.7. The quantitative estimate of drug-likeness (QED) is 0.448. The average Bonchev–Trinajstić information content (AvgIpc) is 3.04. The Bertz CT molecular complexity index is 1040. The lowest BCUT2D eigenvalue weighted by Crippen LogP contribution is -2.42. The van der Waals surface area contributed by atoms with Crippen molar-refractivity contribution in [1.29, 1.82) is 0 Å². The van der Waals surface area contributed by atoms with Crippen LogP contribution in [0, 0.1) is 5.92 Å². The number of carbonyl (C=O) groups excluding carboxylic acids is 2. The Hall–Kier alpha value is -2.65. The number of hydrogen-bond acceptors (Lipinski definition) is 6. The summed E-state index contributed by atoms with van der Waals surface area (Å²) in [5.41, 5.74) is 6.53. The smallest absolute Gasteiger partial charge is 0.318 e. The van der Waals surface area contributed by atoms with Crippen LogP contribution in [0.1, 0.15) is 13.8 Å². The maximum atomic E-state index is 12.7. The fraction of sp³-hybridized carbons (Fsp3) is 0.222. The molecule has 0 spiro atoms. The molecule has 3 amide bonds. The molecule has 4 N–H and O–H groups in total. The molecule has 0 fully saturated rings. The summed E-state index contributed by atoms with van der Waals surface area (Å²) in [5, 5.41) is 4.22. The largest absolute Gasteiger partial charge is 0.351 e. The molecular weight excluding hydrogens is 384 g/mol. The van der Waals surface area contributed by atoms with Crippen molar-refractivity contribution in [1.82, 2.24) is 15.3 Å². The molecule has 0 saturated carbocycles. The molecule has 0 saturated heterocycles. The number of benzene rings is 1. The predicted octanol–water partition coefficient (Wildman–Crippen LogP) is 2.96. The van der Waals surface area contributed by atoms with E-state index in [4.69, 9.17) is 5.73 Å². The van der Waals surface area contributed by atoms with Gasteiger partial charge in [0.25, 0.3) is 5.56 Å². The Morgan fingerprint density at radius 2 is 1.96 bits per heavy atom. The number of carbonyl (C=O) groups is 2.